The lowest BCUT2D eigenvalue weighted by Gasteiger charge is -2.28. The van der Waals surface area contributed by atoms with E-state index in [0.29, 0.717) is 6.54 Å². The van der Waals surface area contributed by atoms with Gasteiger partial charge < -0.3 is 11.1 Å². The fraction of sp³-hybridized carbons (Fsp3) is 0.500. The molecule has 1 aliphatic rings. The zero-order valence-corrected chi connectivity index (χ0v) is 10.7. The second-order valence-electron chi connectivity index (χ2n) is 5.02. The van der Waals surface area contributed by atoms with Gasteiger partial charge in [-0.2, -0.15) is 0 Å². The molecule has 2 rings (SSSR count). The van der Waals surface area contributed by atoms with Crippen molar-refractivity contribution in [2.75, 3.05) is 6.54 Å². The molecule has 3 nitrogen and oxygen atoms in total. The number of hydrogen-bond donors (Lipinski definition) is 2. The molecule has 0 aromatic heterocycles. The summed E-state index contributed by atoms with van der Waals surface area (Å²) in [5.74, 6) is -2.49. The highest BCUT2D eigenvalue weighted by molar-refractivity contribution is 5.94. The highest BCUT2D eigenvalue weighted by atomic mass is 19.2. The molecule has 0 heterocycles. The molecule has 1 fully saturated rings. The average Bonchev–Trinajstić information content (AvgIpc) is 2.40. The zero-order valence-electron chi connectivity index (χ0n) is 10.7. The summed E-state index contributed by atoms with van der Waals surface area (Å²) in [6, 6.07) is 3.66. The summed E-state index contributed by atoms with van der Waals surface area (Å²) in [6.45, 7) is 0.413. The highest BCUT2D eigenvalue weighted by Crippen LogP contribution is 2.22. The molecule has 2 unspecified atom stereocenters. The third-order valence-corrected chi connectivity index (χ3v) is 3.69. The summed E-state index contributed by atoms with van der Waals surface area (Å²) in [4.78, 5) is 11.8. The van der Waals surface area contributed by atoms with Gasteiger partial charge in [0.05, 0.1) is 5.56 Å². The first-order chi connectivity index (χ1) is 9.09. The molecule has 5 heteroatoms. The minimum absolute atomic E-state index is 0.0754. The molecule has 1 amide bonds. The highest BCUT2D eigenvalue weighted by Gasteiger charge is 2.23. The van der Waals surface area contributed by atoms with E-state index in [2.05, 4.69) is 5.32 Å². The Hall–Kier alpha value is -1.49. The molecular formula is C14H18F2N2O. The number of carbonyl (C=O) groups excluding carboxylic acids is 1. The normalized spacial score (nSPS) is 23.1. The first-order valence-electron chi connectivity index (χ1n) is 6.57. The number of amides is 1. The Labute approximate surface area is 111 Å². The lowest BCUT2D eigenvalue weighted by Crippen LogP contribution is -2.41. The molecule has 1 aromatic carbocycles. The summed E-state index contributed by atoms with van der Waals surface area (Å²) in [6.07, 6.45) is 4.13. The molecule has 0 radical (unpaired) electrons. The van der Waals surface area contributed by atoms with Gasteiger partial charge in [-0.1, -0.05) is 18.9 Å². The minimum atomic E-state index is -1.10. The number of rotatable bonds is 3. The Morgan fingerprint density at radius 3 is 2.79 bits per heavy atom. The van der Waals surface area contributed by atoms with E-state index >= 15 is 0 Å². The van der Waals surface area contributed by atoms with Gasteiger partial charge in [-0.05, 0) is 30.9 Å². The Balaban J connectivity index is 1.95. The van der Waals surface area contributed by atoms with Gasteiger partial charge in [-0.3, -0.25) is 4.79 Å². The summed E-state index contributed by atoms with van der Waals surface area (Å²) < 4.78 is 26.5. The van der Waals surface area contributed by atoms with Gasteiger partial charge in [0.2, 0.25) is 0 Å². The maximum Gasteiger partial charge on any atom is 0.254 e. The monoisotopic (exact) mass is 268 g/mol. The molecule has 0 aliphatic heterocycles. The van der Waals surface area contributed by atoms with Crippen LogP contribution in [-0.2, 0) is 0 Å². The number of nitrogens with two attached hydrogens (primary N) is 1. The van der Waals surface area contributed by atoms with Crippen molar-refractivity contribution in [1.29, 1.82) is 0 Å². The van der Waals surface area contributed by atoms with Gasteiger partial charge in [0.1, 0.15) is 0 Å². The standard InChI is InChI=1S/C14H18F2N2O/c15-11-6-3-5-10(13(11)16)14(19)18-8-9-4-1-2-7-12(9)17/h3,5-6,9,12H,1-2,4,7-8,17H2,(H,18,19). The first kappa shape index (κ1) is 13.9. The number of nitrogens with one attached hydrogen (secondary N) is 1. The number of benzene rings is 1. The molecule has 3 N–H and O–H groups in total. The number of hydrogen-bond acceptors (Lipinski definition) is 2. The molecule has 104 valence electrons. The maximum atomic E-state index is 13.4. The molecule has 2 atom stereocenters. The SMILES string of the molecule is NC1CCCCC1CNC(=O)c1cccc(F)c1F. The van der Waals surface area contributed by atoms with Crippen molar-refractivity contribution in [2.45, 2.75) is 31.7 Å². The van der Waals surface area contributed by atoms with E-state index in [4.69, 9.17) is 5.73 Å². The van der Waals surface area contributed by atoms with Crippen LogP contribution in [0.4, 0.5) is 8.78 Å². The maximum absolute atomic E-state index is 13.4. The van der Waals surface area contributed by atoms with Crippen LogP contribution in [0.15, 0.2) is 18.2 Å². The van der Waals surface area contributed by atoms with Crippen molar-refractivity contribution in [3.63, 3.8) is 0 Å². The molecule has 1 aliphatic carbocycles. The predicted octanol–water partition coefficient (Wildman–Crippen LogP) is 2.21. The summed E-state index contributed by atoms with van der Waals surface area (Å²) in [5, 5.41) is 2.64. The lowest BCUT2D eigenvalue weighted by atomic mass is 9.85. The van der Waals surface area contributed by atoms with Crippen LogP contribution in [0.3, 0.4) is 0 Å². The summed E-state index contributed by atoms with van der Waals surface area (Å²) >= 11 is 0. The van der Waals surface area contributed by atoms with Crippen molar-refractivity contribution in [2.24, 2.45) is 11.7 Å². The van der Waals surface area contributed by atoms with E-state index in [1.807, 2.05) is 0 Å². The van der Waals surface area contributed by atoms with Crippen molar-refractivity contribution in [3.05, 3.63) is 35.4 Å². The third kappa shape index (κ3) is 3.29. The topological polar surface area (TPSA) is 55.1 Å². The van der Waals surface area contributed by atoms with Gasteiger partial charge in [0.25, 0.3) is 5.91 Å². The molecule has 19 heavy (non-hydrogen) atoms. The Kier molecular flexibility index (Phi) is 4.47. The van der Waals surface area contributed by atoms with Crippen molar-refractivity contribution >= 4 is 5.91 Å². The Morgan fingerprint density at radius 2 is 2.05 bits per heavy atom. The van der Waals surface area contributed by atoms with Crippen LogP contribution in [0, 0.1) is 17.6 Å². The zero-order chi connectivity index (χ0) is 13.8. The smallest absolute Gasteiger partial charge is 0.254 e. The van der Waals surface area contributed by atoms with E-state index in [0.717, 1.165) is 31.7 Å². The van der Waals surface area contributed by atoms with E-state index in [9.17, 15) is 13.6 Å². The number of carbonyl (C=O) groups is 1. The lowest BCUT2D eigenvalue weighted by molar-refractivity contribution is 0.0936. The predicted molar refractivity (Wildman–Crippen MR) is 68.6 cm³/mol. The van der Waals surface area contributed by atoms with Gasteiger partial charge in [-0.15, -0.1) is 0 Å². The second-order valence-corrected chi connectivity index (χ2v) is 5.02. The van der Waals surface area contributed by atoms with Crippen molar-refractivity contribution in [3.8, 4) is 0 Å². The van der Waals surface area contributed by atoms with E-state index in [1.165, 1.54) is 12.1 Å². The van der Waals surface area contributed by atoms with E-state index in [-0.39, 0.29) is 17.5 Å². The second kappa shape index (κ2) is 6.10. The minimum Gasteiger partial charge on any atom is -0.352 e. The van der Waals surface area contributed by atoms with Gasteiger partial charge in [-0.25, -0.2) is 8.78 Å². The molecule has 0 saturated heterocycles. The molecule has 0 bridgehead atoms. The number of halogens is 2. The van der Waals surface area contributed by atoms with Crippen LogP contribution >= 0.6 is 0 Å². The fourth-order valence-electron chi connectivity index (χ4n) is 2.49. The van der Waals surface area contributed by atoms with Crippen LogP contribution in [0.25, 0.3) is 0 Å². The Bertz CT molecular complexity index is 465. The van der Waals surface area contributed by atoms with Gasteiger partial charge in [0.15, 0.2) is 11.6 Å². The summed E-state index contributed by atoms with van der Waals surface area (Å²) in [5.41, 5.74) is 5.71. The largest absolute Gasteiger partial charge is 0.352 e. The molecule has 0 spiro atoms. The van der Waals surface area contributed by atoms with Gasteiger partial charge >= 0.3 is 0 Å². The quantitative estimate of drug-likeness (QED) is 0.883. The fourth-order valence-corrected chi connectivity index (χ4v) is 2.49. The van der Waals surface area contributed by atoms with Crippen molar-refractivity contribution < 1.29 is 13.6 Å². The molecular weight excluding hydrogens is 250 g/mol. The van der Waals surface area contributed by atoms with E-state index < -0.39 is 17.5 Å². The van der Waals surface area contributed by atoms with Gasteiger partial charge in [0, 0.05) is 12.6 Å². The van der Waals surface area contributed by atoms with E-state index in [1.54, 1.807) is 0 Å². The summed E-state index contributed by atoms with van der Waals surface area (Å²) in [7, 11) is 0. The van der Waals surface area contributed by atoms with Crippen LogP contribution < -0.4 is 11.1 Å². The Morgan fingerprint density at radius 1 is 1.32 bits per heavy atom. The first-order valence-corrected chi connectivity index (χ1v) is 6.57. The van der Waals surface area contributed by atoms with Crippen LogP contribution in [-0.4, -0.2) is 18.5 Å². The molecule has 1 aromatic rings. The average molecular weight is 268 g/mol. The van der Waals surface area contributed by atoms with Crippen molar-refractivity contribution in [1.82, 2.24) is 5.32 Å². The van der Waals surface area contributed by atoms with Crippen LogP contribution in [0.2, 0.25) is 0 Å². The van der Waals surface area contributed by atoms with Crippen LogP contribution in [0.5, 0.6) is 0 Å². The van der Waals surface area contributed by atoms with Crippen LogP contribution in [0.1, 0.15) is 36.0 Å². The molecule has 1 saturated carbocycles. The third-order valence-electron chi connectivity index (χ3n) is 3.69.